The van der Waals surface area contributed by atoms with Crippen LogP contribution in [0.5, 0.6) is 0 Å². The Hall–Kier alpha value is -3.96. The third kappa shape index (κ3) is 60.2. The smallest absolute Gasteiger partial charge is 0.463 e. The van der Waals surface area contributed by atoms with Crippen LogP contribution in [0.2, 0.25) is 0 Å². The molecule has 0 saturated carbocycles. The standard InChI is InChI=1S/C93H165N6O35P5/c1-18-43-106-63-85(65-130-138(104,126-19-2)127-57-32-38-94)64-107-44-37-59-129-139(105,128-58-33-39-95)131-72-93(69-108-45-34-54-120-135(123-60-40-96-15)117-51-29-23-20-26-48-111-90-79(9)73(3)75(5)86(132-90)66-114-82(12)101,70-109-46-35-55-121-136(124-61-41-97-16)118-52-30-24-21-27-49-112-91-80(10)74(4)76(6)87(133-91)67-115-83(13)102)71-110-47-36-56-122-137(125-62-42-98-17)119-53-31-25-22-28-50-113-92-89(99-81(11)100)78(8)77(7)88(134-92)68-116-84(14)103/h73-80,85-92H,18-37,40-72H2,1-14H3,(H,99,100)/t73-,74-,75+,76+,77+,78-,79?,80?,85?,86?,87?,88?,89?,90+,91+,92+,93?,135?,136?,137?,138?,139?/m0/s1/i1D. The Morgan fingerprint density at radius 2 is 0.727 bits per heavy atom. The Balaban J connectivity index is 1.89. The Morgan fingerprint density at radius 1 is 0.388 bits per heavy atom. The minimum absolute atomic E-state index is 0.00612. The Bertz CT molecular complexity index is 3440. The highest BCUT2D eigenvalue weighted by Crippen LogP contribution is 2.52. The Kier molecular flexibility index (Phi) is 74.3. The summed E-state index contributed by atoms with van der Waals surface area (Å²) in [7, 11) is -14.3. The van der Waals surface area contributed by atoms with Gasteiger partial charge in [0.05, 0.1) is 167 Å². The highest BCUT2D eigenvalue weighted by molar-refractivity contribution is 7.48. The van der Waals surface area contributed by atoms with Crippen molar-refractivity contribution >= 4 is 65.3 Å². The van der Waals surface area contributed by atoms with Crippen LogP contribution < -0.4 is 5.32 Å². The second kappa shape index (κ2) is 81.1. The topological polar surface area (TPSA) is 443 Å². The van der Waals surface area contributed by atoms with Crippen molar-refractivity contribution in [2.24, 2.45) is 58.7 Å². The van der Waals surface area contributed by atoms with Gasteiger partial charge in [-0.3, -0.25) is 46.3 Å². The summed E-state index contributed by atoms with van der Waals surface area (Å²) in [5.74, 6) is -0.691. The van der Waals surface area contributed by atoms with Gasteiger partial charge in [-0.05, 0) is 113 Å². The molecule has 3 fully saturated rings. The van der Waals surface area contributed by atoms with Crippen LogP contribution in [0.25, 0.3) is 14.5 Å². The van der Waals surface area contributed by atoms with Crippen molar-refractivity contribution in [1.82, 2.24) is 5.32 Å². The van der Waals surface area contributed by atoms with E-state index >= 15 is 4.57 Å². The number of nitrogens with zero attached hydrogens (tertiary/aromatic N) is 5. The number of phosphoric acid groups is 2. The van der Waals surface area contributed by atoms with Gasteiger partial charge in [0.25, 0.3) is 0 Å². The highest BCUT2D eigenvalue weighted by Gasteiger charge is 2.46. The largest absolute Gasteiger partial charge is 0.474 e. The van der Waals surface area contributed by atoms with Gasteiger partial charge < -0.3 is 127 Å². The van der Waals surface area contributed by atoms with Crippen LogP contribution in [0.4, 0.5) is 0 Å². The molecular weight excluding hydrogens is 1920 g/mol. The number of unbranched alkanes of at least 4 members (excludes halogenated alkanes) is 9. The first-order valence-corrected chi connectivity index (χ1v) is 55.3. The molecule has 0 spiro atoms. The molecule has 139 heavy (non-hydrogen) atoms. The van der Waals surface area contributed by atoms with E-state index in [1.165, 1.54) is 27.7 Å². The van der Waals surface area contributed by atoms with Gasteiger partial charge in [0.15, 0.2) is 18.9 Å². The van der Waals surface area contributed by atoms with Gasteiger partial charge in [-0.15, -0.1) is 0 Å². The highest BCUT2D eigenvalue weighted by atomic mass is 31.2. The van der Waals surface area contributed by atoms with Gasteiger partial charge in [-0.1, -0.05) is 101 Å². The maximum atomic E-state index is 15.1. The SMILES string of the molecule is [2H]CCCOCC(COCCCOP(=O)(OCCC#N)OCC(COCCCOP(OCCCCCCO[C@@H]1OC(COC(C)=O)[C@H](C)[C@H](C)C1C)OCC[N+]#[C-])(COCCCOP(OCCCCCCO[C@@H]1OC(COC(C)=O)[C@H](C)[C@H](C)C1C)OCC[N+]#[C-])COCCCOP(OCCCCCCO[C@@H]1OC(COC(C)=O)[C@H](C)[C@H](C)C1NC(C)=O)OCC[N+]#[C-])COP(=O)(OCC)OCCC#N. The second-order valence-corrected chi connectivity index (χ2v) is 41.4. The number of amides is 1. The van der Waals surface area contributed by atoms with E-state index in [1.807, 2.05) is 26.0 Å². The van der Waals surface area contributed by atoms with E-state index in [-0.39, 0.29) is 288 Å². The molecule has 3 aliphatic heterocycles. The van der Waals surface area contributed by atoms with Crippen LogP contribution in [0.1, 0.15) is 220 Å². The molecule has 0 bridgehead atoms. The second-order valence-electron chi connectivity index (χ2n) is 34.4. The van der Waals surface area contributed by atoms with E-state index in [1.54, 1.807) is 6.92 Å². The molecule has 0 aliphatic carbocycles. The molecule has 3 aliphatic rings. The molecule has 46 heteroatoms. The maximum Gasteiger partial charge on any atom is 0.474 e. The van der Waals surface area contributed by atoms with Gasteiger partial charge in [0, 0.05) is 99.7 Å². The summed E-state index contributed by atoms with van der Waals surface area (Å²) < 4.78 is 210. The Morgan fingerprint density at radius 3 is 1.10 bits per heavy atom. The Labute approximate surface area is 832 Å². The summed E-state index contributed by atoms with van der Waals surface area (Å²) in [5, 5.41) is 21.7. The number of rotatable bonds is 89. The number of hydrogen-bond acceptors (Lipinski definition) is 37. The maximum absolute atomic E-state index is 15.1. The average Bonchev–Trinajstić information content (AvgIpc) is 0.802. The van der Waals surface area contributed by atoms with E-state index in [0.717, 1.165) is 51.4 Å². The van der Waals surface area contributed by atoms with E-state index < -0.39 is 96.4 Å². The van der Waals surface area contributed by atoms with Crippen LogP contribution in [-0.4, -0.2) is 291 Å². The number of hydrogen-bond donors (Lipinski definition) is 1. The first-order chi connectivity index (χ1) is 67.6. The van der Waals surface area contributed by atoms with Crippen LogP contribution >= 0.6 is 41.5 Å². The molecule has 3 rings (SSSR count). The van der Waals surface area contributed by atoms with Gasteiger partial charge in [0.2, 0.25) is 25.5 Å². The first-order valence-electron chi connectivity index (χ1n) is 49.8. The quantitative estimate of drug-likeness (QED) is 0.0194. The molecule has 3 saturated heterocycles. The fourth-order valence-corrected chi connectivity index (χ4v) is 19.8. The summed E-state index contributed by atoms with van der Waals surface area (Å²) in [5.41, 5.74) is -1.31. The lowest BCUT2D eigenvalue weighted by molar-refractivity contribution is -0.255. The molecule has 0 aromatic carbocycles. The monoisotopic (exact) mass is 2080 g/mol. The number of esters is 3. The van der Waals surface area contributed by atoms with E-state index in [4.69, 9.17) is 161 Å². The molecule has 1 amide bonds. The molecule has 21 atom stereocenters. The lowest BCUT2D eigenvalue weighted by atomic mass is 9.79. The lowest BCUT2D eigenvalue weighted by Crippen LogP contribution is -2.58. The molecular formula is C93H165N6O35P5. The van der Waals surface area contributed by atoms with Crippen molar-refractivity contribution in [2.45, 2.75) is 262 Å². The van der Waals surface area contributed by atoms with Crippen molar-refractivity contribution in [3.8, 4) is 12.1 Å². The zero-order chi connectivity index (χ0) is 103. The fraction of sp³-hybridized carbons (Fsp3) is 0.903. The van der Waals surface area contributed by atoms with Gasteiger partial charge >= 0.3 is 59.4 Å². The number of nitriles is 2. The average molecular weight is 2080 g/mol. The van der Waals surface area contributed by atoms with Crippen molar-refractivity contribution < 1.29 is 164 Å². The van der Waals surface area contributed by atoms with E-state index in [9.17, 15) is 29.0 Å². The summed E-state index contributed by atoms with van der Waals surface area (Å²) in [6.45, 7) is 48.7. The fourth-order valence-electron chi connectivity index (χ4n) is 14.2. The minimum atomic E-state index is -4.59. The van der Waals surface area contributed by atoms with Gasteiger partial charge in [0.1, 0.15) is 39.6 Å². The predicted octanol–water partition coefficient (Wildman–Crippen LogP) is 17.6. The van der Waals surface area contributed by atoms with Gasteiger partial charge in [-0.25, -0.2) is 28.8 Å². The molecule has 3 heterocycles. The summed E-state index contributed by atoms with van der Waals surface area (Å²) in [6, 6.07) is 3.52. The summed E-state index contributed by atoms with van der Waals surface area (Å²) in [4.78, 5) is 57.5. The molecule has 0 aromatic rings. The number of phosphoric ester groups is 2. The molecule has 1 N–H and O–H groups in total. The van der Waals surface area contributed by atoms with Crippen LogP contribution in [0.15, 0.2) is 0 Å². The summed E-state index contributed by atoms with van der Waals surface area (Å²) in [6.07, 6.45) is 7.96. The number of nitrogens with one attached hydrogen (secondary N) is 1. The summed E-state index contributed by atoms with van der Waals surface area (Å²) >= 11 is 0. The van der Waals surface area contributed by atoms with E-state index in [2.05, 4.69) is 61.4 Å². The normalized spacial score (nSPS) is 23.8. The number of carbonyl (C=O) groups excluding carboxylic acids is 4. The third-order valence-electron chi connectivity index (χ3n) is 23.0. The third-order valence-corrected chi connectivity index (χ3v) is 29.6. The predicted molar refractivity (Wildman–Crippen MR) is 515 cm³/mol. The zero-order valence-corrected chi connectivity index (χ0v) is 89.2. The molecule has 41 nitrogen and oxygen atoms in total. The molecule has 0 aromatic heterocycles. The molecule has 802 valence electrons. The van der Waals surface area contributed by atoms with Crippen molar-refractivity contribution in [1.29, 1.82) is 10.5 Å². The number of carbonyl (C=O) groups is 4. The van der Waals surface area contributed by atoms with E-state index in [0.29, 0.717) is 84.4 Å². The first kappa shape index (κ1) is 127. The van der Waals surface area contributed by atoms with Crippen LogP contribution in [0.3, 0.4) is 0 Å². The minimum Gasteiger partial charge on any atom is -0.463 e. The lowest BCUT2D eigenvalue weighted by Gasteiger charge is -2.44. The van der Waals surface area contributed by atoms with Crippen molar-refractivity contribution in [3.63, 3.8) is 0 Å². The number of ether oxygens (including phenoxy) is 14. The van der Waals surface area contributed by atoms with Crippen molar-refractivity contribution in [2.75, 3.05) is 224 Å². The van der Waals surface area contributed by atoms with Crippen LogP contribution in [0, 0.1) is 101 Å². The molecule has 12 unspecified atom stereocenters. The van der Waals surface area contributed by atoms with Crippen molar-refractivity contribution in [3.05, 3.63) is 34.3 Å². The zero-order valence-electron chi connectivity index (χ0n) is 85.7. The molecule has 0 radical (unpaired) electrons. The van der Waals surface area contributed by atoms with Crippen LogP contribution in [-0.2, 0) is 162 Å². The van der Waals surface area contributed by atoms with Gasteiger partial charge in [-0.2, -0.15) is 10.5 Å².